The molecule has 1 aliphatic carbocycles. The number of carbonyl (C=O) groups is 2. The fraction of sp³-hybridized carbons (Fsp3) is 0.526. The van der Waals surface area contributed by atoms with Crippen LogP contribution >= 0.6 is 0 Å². The molecule has 0 spiro atoms. The van der Waals surface area contributed by atoms with Crippen LogP contribution in [0.4, 0.5) is 0 Å². The van der Waals surface area contributed by atoms with E-state index in [1.54, 1.807) is 24.3 Å². The molecule has 136 valence electrons. The van der Waals surface area contributed by atoms with Gasteiger partial charge in [0.05, 0.1) is 18.9 Å². The van der Waals surface area contributed by atoms with E-state index >= 15 is 0 Å². The Morgan fingerprint density at radius 3 is 2.64 bits per heavy atom. The van der Waals surface area contributed by atoms with Crippen LogP contribution in [-0.4, -0.2) is 37.8 Å². The van der Waals surface area contributed by atoms with Gasteiger partial charge in [0.25, 0.3) is 5.91 Å². The van der Waals surface area contributed by atoms with Crippen molar-refractivity contribution in [2.75, 3.05) is 13.7 Å². The van der Waals surface area contributed by atoms with Gasteiger partial charge in [0.1, 0.15) is 0 Å². The number of hydrogen-bond donors (Lipinski definition) is 1. The van der Waals surface area contributed by atoms with Crippen molar-refractivity contribution in [1.29, 1.82) is 0 Å². The van der Waals surface area contributed by atoms with E-state index in [1.807, 2.05) is 0 Å². The highest BCUT2D eigenvalue weighted by atomic mass is 16.6. The van der Waals surface area contributed by atoms with Crippen molar-refractivity contribution in [1.82, 2.24) is 5.32 Å². The highest BCUT2D eigenvalue weighted by Gasteiger charge is 2.28. The van der Waals surface area contributed by atoms with Crippen LogP contribution in [0.3, 0.4) is 0 Å². The van der Waals surface area contributed by atoms with Gasteiger partial charge in [-0.1, -0.05) is 44.0 Å². The molecule has 6 nitrogen and oxygen atoms in total. The molecular formula is C19H26N2O4. The summed E-state index contributed by atoms with van der Waals surface area (Å²) in [5.74, 6) is 0.576. The quantitative estimate of drug-likeness (QED) is 0.488. The van der Waals surface area contributed by atoms with E-state index in [-0.39, 0.29) is 24.5 Å². The number of carbonyl (C=O) groups excluding carboxylic acids is 2. The highest BCUT2D eigenvalue weighted by molar-refractivity contribution is 5.90. The average Bonchev–Trinajstić information content (AvgIpc) is 2.62. The Bertz CT molecular complexity index is 612. The lowest BCUT2D eigenvalue weighted by atomic mass is 9.78. The number of ether oxygens (including phenoxy) is 1. The number of oxime groups is 1. The van der Waals surface area contributed by atoms with E-state index in [1.165, 1.54) is 19.7 Å². The van der Waals surface area contributed by atoms with Crippen LogP contribution in [0.1, 0.15) is 49.0 Å². The van der Waals surface area contributed by atoms with Crippen LogP contribution in [0.15, 0.2) is 29.4 Å². The van der Waals surface area contributed by atoms with Gasteiger partial charge < -0.3 is 14.9 Å². The van der Waals surface area contributed by atoms with Crippen molar-refractivity contribution in [3.8, 4) is 0 Å². The standard InChI is InChI=1S/C19H26N2O4/c1-13-5-4-6-17(14(13)2)21-18(22)12-25-20-11-15-7-9-16(10-8-15)19(23)24-3/h7-11,13-14,17H,4-6,12H2,1-3H3,(H,21,22)/b20-11-/t13-,14-,17-/m0/s1. The maximum atomic E-state index is 12.0. The fourth-order valence-corrected chi connectivity index (χ4v) is 3.05. The molecule has 1 saturated carbocycles. The van der Waals surface area contributed by atoms with Gasteiger partial charge in [-0.15, -0.1) is 0 Å². The molecule has 1 aromatic rings. The second-order valence-corrected chi connectivity index (χ2v) is 6.56. The van der Waals surface area contributed by atoms with Gasteiger partial charge in [-0.3, -0.25) is 4.79 Å². The second kappa shape index (κ2) is 9.20. The third-order valence-electron chi connectivity index (χ3n) is 4.86. The summed E-state index contributed by atoms with van der Waals surface area (Å²) in [6.45, 7) is 4.31. The van der Waals surface area contributed by atoms with E-state index in [0.717, 1.165) is 18.4 Å². The topological polar surface area (TPSA) is 77.0 Å². The van der Waals surface area contributed by atoms with E-state index in [9.17, 15) is 9.59 Å². The largest absolute Gasteiger partial charge is 0.465 e. The molecule has 0 unspecified atom stereocenters. The maximum Gasteiger partial charge on any atom is 0.337 e. The predicted octanol–water partition coefficient (Wildman–Crippen LogP) is 2.76. The molecule has 3 atom stereocenters. The van der Waals surface area contributed by atoms with Crippen molar-refractivity contribution >= 4 is 18.1 Å². The first-order valence-corrected chi connectivity index (χ1v) is 8.64. The van der Waals surface area contributed by atoms with Crippen molar-refractivity contribution < 1.29 is 19.2 Å². The van der Waals surface area contributed by atoms with Gasteiger partial charge in [-0.25, -0.2) is 4.79 Å². The molecule has 1 amide bonds. The molecule has 1 fully saturated rings. The van der Waals surface area contributed by atoms with Gasteiger partial charge in [0.15, 0.2) is 6.61 Å². The minimum absolute atomic E-state index is 0.103. The van der Waals surface area contributed by atoms with Crippen molar-refractivity contribution in [3.05, 3.63) is 35.4 Å². The Morgan fingerprint density at radius 2 is 1.96 bits per heavy atom. The third kappa shape index (κ3) is 5.59. The third-order valence-corrected chi connectivity index (χ3v) is 4.86. The molecule has 0 saturated heterocycles. The second-order valence-electron chi connectivity index (χ2n) is 6.56. The summed E-state index contributed by atoms with van der Waals surface area (Å²) in [6, 6.07) is 6.96. The number of esters is 1. The van der Waals surface area contributed by atoms with Gasteiger partial charge >= 0.3 is 5.97 Å². The van der Waals surface area contributed by atoms with E-state index in [0.29, 0.717) is 17.4 Å². The minimum Gasteiger partial charge on any atom is -0.465 e. The lowest BCUT2D eigenvalue weighted by Crippen LogP contribution is -2.44. The summed E-state index contributed by atoms with van der Waals surface area (Å²) >= 11 is 0. The lowest BCUT2D eigenvalue weighted by Gasteiger charge is -2.34. The Kier molecular flexibility index (Phi) is 6.98. The zero-order valence-corrected chi connectivity index (χ0v) is 15.0. The first-order valence-electron chi connectivity index (χ1n) is 8.64. The summed E-state index contributed by atoms with van der Waals surface area (Å²) in [4.78, 5) is 28.4. The summed E-state index contributed by atoms with van der Waals surface area (Å²) < 4.78 is 4.64. The summed E-state index contributed by atoms with van der Waals surface area (Å²) in [6.07, 6.45) is 4.90. The van der Waals surface area contributed by atoms with Crippen molar-refractivity contribution in [2.24, 2.45) is 17.0 Å². The SMILES string of the molecule is COC(=O)c1ccc(/C=N\OCC(=O)N[C@H]2CCC[C@H](C)[C@@H]2C)cc1. The minimum atomic E-state index is -0.386. The lowest BCUT2D eigenvalue weighted by molar-refractivity contribution is -0.127. The number of methoxy groups -OCH3 is 1. The molecule has 2 rings (SSSR count). The molecule has 0 heterocycles. The molecule has 0 aliphatic heterocycles. The number of rotatable bonds is 6. The summed E-state index contributed by atoms with van der Waals surface area (Å²) in [5.41, 5.74) is 1.23. The van der Waals surface area contributed by atoms with Gasteiger partial charge in [0.2, 0.25) is 0 Å². The Balaban J connectivity index is 1.75. The molecule has 25 heavy (non-hydrogen) atoms. The number of nitrogens with zero attached hydrogens (tertiary/aromatic N) is 1. The first-order chi connectivity index (χ1) is 12.0. The number of benzene rings is 1. The van der Waals surface area contributed by atoms with E-state index in [4.69, 9.17) is 4.84 Å². The van der Waals surface area contributed by atoms with Crippen LogP contribution in [-0.2, 0) is 14.4 Å². The zero-order valence-electron chi connectivity index (χ0n) is 15.0. The Morgan fingerprint density at radius 1 is 1.24 bits per heavy atom. The normalized spacial score (nSPS) is 23.2. The predicted molar refractivity (Wildman–Crippen MR) is 95.4 cm³/mol. The van der Waals surface area contributed by atoms with Crippen LogP contribution in [0, 0.1) is 11.8 Å². The Labute approximate surface area is 148 Å². The number of amides is 1. The van der Waals surface area contributed by atoms with Crippen LogP contribution in [0.2, 0.25) is 0 Å². The molecule has 0 radical (unpaired) electrons. The van der Waals surface area contributed by atoms with Gasteiger partial charge in [0, 0.05) is 6.04 Å². The van der Waals surface area contributed by atoms with Crippen LogP contribution in [0.25, 0.3) is 0 Å². The molecule has 0 bridgehead atoms. The average molecular weight is 346 g/mol. The zero-order chi connectivity index (χ0) is 18.2. The van der Waals surface area contributed by atoms with Crippen molar-refractivity contribution in [3.63, 3.8) is 0 Å². The Hall–Kier alpha value is -2.37. The van der Waals surface area contributed by atoms with Gasteiger partial charge in [-0.2, -0.15) is 0 Å². The van der Waals surface area contributed by atoms with E-state index < -0.39 is 0 Å². The summed E-state index contributed by atoms with van der Waals surface area (Å²) in [7, 11) is 1.34. The first kappa shape index (κ1) is 19.0. The smallest absolute Gasteiger partial charge is 0.337 e. The molecular weight excluding hydrogens is 320 g/mol. The number of hydrogen-bond acceptors (Lipinski definition) is 5. The molecule has 0 aromatic heterocycles. The monoisotopic (exact) mass is 346 g/mol. The fourth-order valence-electron chi connectivity index (χ4n) is 3.05. The summed E-state index contributed by atoms with van der Waals surface area (Å²) in [5, 5.41) is 6.84. The molecule has 1 aliphatic rings. The van der Waals surface area contributed by atoms with Crippen molar-refractivity contribution in [2.45, 2.75) is 39.2 Å². The number of nitrogens with one attached hydrogen (secondary N) is 1. The van der Waals surface area contributed by atoms with Gasteiger partial charge in [-0.05, 0) is 36.0 Å². The highest BCUT2D eigenvalue weighted by Crippen LogP contribution is 2.29. The van der Waals surface area contributed by atoms with E-state index in [2.05, 4.69) is 29.1 Å². The molecule has 1 aromatic carbocycles. The maximum absolute atomic E-state index is 12.0. The molecule has 6 heteroatoms. The van der Waals surface area contributed by atoms with Crippen LogP contribution in [0.5, 0.6) is 0 Å². The van der Waals surface area contributed by atoms with Crippen LogP contribution < -0.4 is 5.32 Å². The molecule has 1 N–H and O–H groups in total.